The van der Waals surface area contributed by atoms with Crippen LogP contribution in [0.15, 0.2) is 47.4 Å². The number of thiazole rings is 1. The molecule has 0 bridgehead atoms. The molecule has 9 nitrogen and oxygen atoms in total. The molecule has 1 unspecified atom stereocenters. The molecule has 3 aromatic rings. The van der Waals surface area contributed by atoms with Gasteiger partial charge >= 0.3 is 0 Å². The summed E-state index contributed by atoms with van der Waals surface area (Å²) >= 11 is 1.56. The second-order valence-corrected chi connectivity index (χ2v) is 11.9. The summed E-state index contributed by atoms with van der Waals surface area (Å²) in [4.78, 5) is 22.5. The topological polar surface area (TPSA) is 92.3 Å². The zero-order valence-corrected chi connectivity index (χ0v) is 22.1. The molecule has 1 aromatic heterocycles. The summed E-state index contributed by atoms with van der Waals surface area (Å²) in [6, 6.07) is 12.2. The highest BCUT2D eigenvalue weighted by Crippen LogP contribution is 2.40. The van der Waals surface area contributed by atoms with E-state index in [2.05, 4.69) is 4.90 Å². The second-order valence-electron chi connectivity index (χ2n) is 8.97. The number of fused-ring (bicyclic) bond motifs is 1. The number of sulfonamides is 1. The van der Waals surface area contributed by atoms with Crippen LogP contribution in [0.4, 0.5) is 5.13 Å². The summed E-state index contributed by atoms with van der Waals surface area (Å²) in [5.74, 6) is 1.18. The summed E-state index contributed by atoms with van der Waals surface area (Å²) in [7, 11) is -0.333. The zero-order chi connectivity index (χ0) is 25.3. The van der Waals surface area contributed by atoms with E-state index >= 15 is 0 Å². The highest BCUT2D eigenvalue weighted by molar-refractivity contribution is 7.89. The fraction of sp³-hybridized carbons (Fsp3) is 0.440. The SMILES string of the molecule is COc1ccc(OC)c2sc(N3CCN(C(=O)C4CCCN(S(=O)(=O)c5ccccc5)C4)CC3)nc12. The molecule has 1 amide bonds. The maximum atomic E-state index is 13.4. The summed E-state index contributed by atoms with van der Waals surface area (Å²) < 4.78 is 39.5. The molecule has 1 atom stereocenters. The molecule has 11 heteroatoms. The second kappa shape index (κ2) is 10.2. The molecule has 0 N–H and O–H groups in total. The number of hydrogen-bond acceptors (Lipinski definition) is 8. The molecule has 0 radical (unpaired) electrons. The molecular weight excluding hydrogens is 500 g/mol. The fourth-order valence-electron chi connectivity index (χ4n) is 4.89. The van der Waals surface area contributed by atoms with Gasteiger partial charge in [0.25, 0.3) is 0 Å². The van der Waals surface area contributed by atoms with Gasteiger partial charge in [0, 0.05) is 39.3 Å². The first-order valence-corrected chi connectivity index (χ1v) is 14.3. The standard InChI is InChI=1S/C25H30N4O5S2/c1-33-20-10-11-21(34-2)23-22(20)26-25(35-23)28-15-13-27(14-16-28)24(30)18-7-6-12-29(17-18)36(31,32)19-8-4-3-5-9-19/h3-5,8-11,18H,6-7,12-17H2,1-2H3. The van der Waals surface area contributed by atoms with Gasteiger partial charge in [0.05, 0.1) is 25.0 Å². The number of carbonyl (C=O) groups is 1. The molecule has 0 spiro atoms. The highest BCUT2D eigenvalue weighted by Gasteiger charge is 2.36. The van der Waals surface area contributed by atoms with E-state index in [9.17, 15) is 13.2 Å². The maximum Gasteiger partial charge on any atom is 0.243 e. The van der Waals surface area contributed by atoms with E-state index in [-0.39, 0.29) is 23.3 Å². The first-order valence-electron chi connectivity index (χ1n) is 12.0. The van der Waals surface area contributed by atoms with E-state index in [0.717, 1.165) is 21.1 Å². The summed E-state index contributed by atoms with van der Waals surface area (Å²) in [6.45, 7) is 3.15. The number of methoxy groups -OCH3 is 2. The van der Waals surface area contributed by atoms with Gasteiger partial charge in [-0.3, -0.25) is 4.79 Å². The van der Waals surface area contributed by atoms with Gasteiger partial charge in [0.2, 0.25) is 15.9 Å². The lowest BCUT2D eigenvalue weighted by atomic mass is 9.98. The van der Waals surface area contributed by atoms with Crippen molar-refractivity contribution in [3.8, 4) is 11.5 Å². The van der Waals surface area contributed by atoms with Gasteiger partial charge in [-0.1, -0.05) is 29.5 Å². The maximum absolute atomic E-state index is 13.4. The Hall–Kier alpha value is -2.89. The van der Waals surface area contributed by atoms with E-state index in [0.29, 0.717) is 51.3 Å². The van der Waals surface area contributed by atoms with Gasteiger partial charge < -0.3 is 19.3 Å². The molecular formula is C25H30N4O5S2. The van der Waals surface area contributed by atoms with Crippen molar-refractivity contribution in [1.29, 1.82) is 0 Å². The fourth-order valence-corrected chi connectivity index (χ4v) is 7.56. The molecule has 3 heterocycles. The van der Waals surface area contributed by atoms with Crippen LogP contribution in [0.2, 0.25) is 0 Å². The van der Waals surface area contributed by atoms with Gasteiger partial charge in [-0.15, -0.1) is 0 Å². The number of amides is 1. The van der Waals surface area contributed by atoms with Gasteiger partial charge in [-0.2, -0.15) is 4.31 Å². The zero-order valence-electron chi connectivity index (χ0n) is 20.4. The van der Waals surface area contributed by atoms with E-state index in [1.165, 1.54) is 4.31 Å². The van der Waals surface area contributed by atoms with Crippen LogP contribution >= 0.6 is 11.3 Å². The van der Waals surface area contributed by atoms with E-state index in [4.69, 9.17) is 14.5 Å². The molecule has 36 heavy (non-hydrogen) atoms. The number of piperazine rings is 1. The third-order valence-electron chi connectivity index (χ3n) is 6.88. The molecule has 2 aliphatic heterocycles. The number of aromatic nitrogens is 1. The molecule has 5 rings (SSSR count). The smallest absolute Gasteiger partial charge is 0.243 e. The van der Waals surface area contributed by atoms with Crippen molar-refractivity contribution in [2.24, 2.45) is 5.92 Å². The average molecular weight is 531 g/mol. The lowest BCUT2D eigenvalue weighted by Gasteiger charge is -2.38. The Morgan fingerprint density at radius 2 is 1.67 bits per heavy atom. The van der Waals surface area contributed by atoms with Crippen LogP contribution in [-0.4, -0.2) is 82.0 Å². The Bertz CT molecular complexity index is 1300. The number of piperidine rings is 1. The van der Waals surface area contributed by atoms with Crippen molar-refractivity contribution < 1.29 is 22.7 Å². The molecule has 0 saturated carbocycles. The predicted molar refractivity (Wildman–Crippen MR) is 139 cm³/mol. The van der Waals surface area contributed by atoms with E-state index < -0.39 is 10.0 Å². The Labute approximate surface area is 215 Å². The van der Waals surface area contributed by atoms with Crippen molar-refractivity contribution in [2.75, 3.05) is 58.4 Å². The van der Waals surface area contributed by atoms with Crippen molar-refractivity contribution in [3.05, 3.63) is 42.5 Å². The van der Waals surface area contributed by atoms with Crippen molar-refractivity contribution >= 4 is 42.6 Å². The Balaban J connectivity index is 1.25. The Morgan fingerprint density at radius 3 is 2.36 bits per heavy atom. The minimum Gasteiger partial charge on any atom is -0.495 e. The number of ether oxygens (including phenoxy) is 2. The van der Waals surface area contributed by atoms with Crippen LogP contribution in [0, 0.1) is 5.92 Å². The van der Waals surface area contributed by atoms with E-state index in [1.54, 1.807) is 55.9 Å². The number of nitrogens with zero attached hydrogens (tertiary/aromatic N) is 4. The Kier molecular flexibility index (Phi) is 7.05. The molecule has 192 valence electrons. The predicted octanol–water partition coefficient (Wildman–Crippen LogP) is 3.06. The number of carbonyl (C=O) groups excluding carboxylic acids is 1. The van der Waals surface area contributed by atoms with Crippen LogP contribution in [0.1, 0.15) is 12.8 Å². The van der Waals surface area contributed by atoms with Crippen LogP contribution in [0.25, 0.3) is 10.2 Å². The Morgan fingerprint density at radius 1 is 0.972 bits per heavy atom. The van der Waals surface area contributed by atoms with Gasteiger partial charge in [-0.25, -0.2) is 13.4 Å². The molecule has 2 fully saturated rings. The van der Waals surface area contributed by atoms with Gasteiger partial charge in [0.15, 0.2) is 5.13 Å². The monoisotopic (exact) mass is 530 g/mol. The van der Waals surface area contributed by atoms with Crippen LogP contribution in [0.3, 0.4) is 0 Å². The molecule has 2 saturated heterocycles. The first-order chi connectivity index (χ1) is 17.4. The number of hydrogen-bond donors (Lipinski definition) is 0. The molecule has 2 aliphatic rings. The van der Waals surface area contributed by atoms with E-state index in [1.807, 2.05) is 17.0 Å². The lowest BCUT2D eigenvalue weighted by Crippen LogP contribution is -2.53. The number of anilines is 1. The summed E-state index contributed by atoms with van der Waals surface area (Å²) in [5, 5.41) is 0.873. The minimum atomic E-state index is -3.60. The summed E-state index contributed by atoms with van der Waals surface area (Å²) in [6.07, 6.45) is 1.38. The third kappa shape index (κ3) is 4.62. The molecule has 2 aromatic carbocycles. The molecule has 0 aliphatic carbocycles. The third-order valence-corrected chi connectivity index (χ3v) is 9.89. The quantitative estimate of drug-likeness (QED) is 0.484. The van der Waals surface area contributed by atoms with Crippen LogP contribution in [-0.2, 0) is 14.8 Å². The average Bonchev–Trinajstić information content (AvgIpc) is 3.38. The highest BCUT2D eigenvalue weighted by atomic mass is 32.2. The van der Waals surface area contributed by atoms with Gasteiger partial charge in [0.1, 0.15) is 21.7 Å². The van der Waals surface area contributed by atoms with Crippen molar-refractivity contribution in [3.63, 3.8) is 0 Å². The van der Waals surface area contributed by atoms with Crippen molar-refractivity contribution in [2.45, 2.75) is 17.7 Å². The van der Waals surface area contributed by atoms with Crippen LogP contribution in [0.5, 0.6) is 11.5 Å². The normalized spacial score (nSPS) is 19.4. The lowest BCUT2D eigenvalue weighted by molar-refractivity contribution is -0.137. The van der Waals surface area contributed by atoms with Crippen molar-refractivity contribution in [1.82, 2.24) is 14.2 Å². The van der Waals surface area contributed by atoms with Crippen LogP contribution < -0.4 is 14.4 Å². The minimum absolute atomic E-state index is 0.0373. The number of benzene rings is 2. The first kappa shape index (κ1) is 24.8. The van der Waals surface area contributed by atoms with Gasteiger partial charge in [-0.05, 0) is 37.1 Å². The summed E-state index contributed by atoms with van der Waals surface area (Å²) in [5.41, 5.74) is 0.775. The largest absolute Gasteiger partial charge is 0.495 e. The number of rotatable bonds is 6.